The Labute approximate surface area is 94.0 Å². The van der Waals surface area contributed by atoms with Gasteiger partial charge in [0.05, 0.1) is 5.69 Å². The van der Waals surface area contributed by atoms with Gasteiger partial charge in [-0.25, -0.2) is 0 Å². The Kier molecular flexibility index (Phi) is 2.77. The maximum absolute atomic E-state index is 9.64. The first-order valence-electron chi connectivity index (χ1n) is 5.09. The quantitative estimate of drug-likeness (QED) is 0.808. The van der Waals surface area contributed by atoms with E-state index in [4.69, 9.17) is 0 Å². The zero-order valence-electron chi connectivity index (χ0n) is 9.01. The molecule has 1 aromatic carbocycles. The standard InChI is InChI=1S/C13H13NO2/c1-9-6-7-13(16)11(14-9)8-10-4-2-3-5-12(10)15/h2-7,15-16H,8H2,1H3. The van der Waals surface area contributed by atoms with E-state index in [9.17, 15) is 10.2 Å². The number of aromatic nitrogens is 1. The highest BCUT2D eigenvalue weighted by Crippen LogP contribution is 2.23. The monoisotopic (exact) mass is 215 g/mol. The minimum atomic E-state index is 0.161. The molecule has 0 atom stereocenters. The fourth-order valence-electron chi connectivity index (χ4n) is 1.57. The molecule has 0 radical (unpaired) electrons. The van der Waals surface area contributed by atoms with Crippen molar-refractivity contribution < 1.29 is 10.2 Å². The van der Waals surface area contributed by atoms with Gasteiger partial charge in [-0.05, 0) is 30.7 Å². The van der Waals surface area contributed by atoms with Crippen molar-refractivity contribution >= 4 is 0 Å². The summed E-state index contributed by atoms with van der Waals surface area (Å²) in [7, 11) is 0. The lowest BCUT2D eigenvalue weighted by Gasteiger charge is -2.06. The first-order valence-corrected chi connectivity index (χ1v) is 5.09. The largest absolute Gasteiger partial charge is 0.508 e. The molecule has 2 aromatic rings. The molecule has 0 bridgehead atoms. The lowest BCUT2D eigenvalue weighted by Crippen LogP contribution is -1.95. The molecule has 2 N–H and O–H groups in total. The number of para-hydroxylation sites is 1. The zero-order valence-corrected chi connectivity index (χ0v) is 9.01. The van der Waals surface area contributed by atoms with Gasteiger partial charge in [0.2, 0.25) is 0 Å². The molecule has 0 aliphatic carbocycles. The molecule has 0 fully saturated rings. The molecule has 0 saturated carbocycles. The summed E-state index contributed by atoms with van der Waals surface area (Å²) in [6.07, 6.45) is 0.431. The number of phenols is 1. The van der Waals surface area contributed by atoms with Crippen molar-refractivity contribution in [2.24, 2.45) is 0 Å². The van der Waals surface area contributed by atoms with Gasteiger partial charge in [0.25, 0.3) is 0 Å². The second-order valence-electron chi connectivity index (χ2n) is 3.72. The number of hydrogen-bond acceptors (Lipinski definition) is 3. The van der Waals surface area contributed by atoms with E-state index in [1.165, 1.54) is 0 Å². The van der Waals surface area contributed by atoms with Gasteiger partial charge < -0.3 is 10.2 Å². The number of hydrogen-bond donors (Lipinski definition) is 2. The summed E-state index contributed by atoms with van der Waals surface area (Å²) in [4.78, 5) is 4.25. The van der Waals surface area contributed by atoms with Crippen LogP contribution in [0.4, 0.5) is 0 Å². The highest BCUT2D eigenvalue weighted by atomic mass is 16.3. The van der Waals surface area contributed by atoms with Crippen molar-refractivity contribution in [3.63, 3.8) is 0 Å². The SMILES string of the molecule is Cc1ccc(O)c(Cc2ccccc2O)n1. The highest BCUT2D eigenvalue weighted by molar-refractivity contribution is 5.38. The molecule has 1 heterocycles. The molecule has 2 rings (SSSR count). The van der Waals surface area contributed by atoms with Gasteiger partial charge >= 0.3 is 0 Å². The summed E-state index contributed by atoms with van der Waals surface area (Å²) in [5.41, 5.74) is 2.20. The van der Waals surface area contributed by atoms with Crippen molar-refractivity contribution in [2.45, 2.75) is 13.3 Å². The van der Waals surface area contributed by atoms with Gasteiger partial charge in [0.15, 0.2) is 0 Å². The minimum Gasteiger partial charge on any atom is -0.508 e. The fourth-order valence-corrected chi connectivity index (χ4v) is 1.57. The average Bonchev–Trinajstić information content (AvgIpc) is 2.27. The number of rotatable bonds is 2. The zero-order chi connectivity index (χ0) is 11.5. The normalized spacial score (nSPS) is 10.3. The summed E-state index contributed by atoms with van der Waals surface area (Å²) in [5, 5.41) is 19.3. The van der Waals surface area contributed by atoms with Gasteiger partial charge in [-0.15, -0.1) is 0 Å². The van der Waals surface area contributed by atoms with Crippen LogP contribution in [0.25, 0.3) is 0 Å². The predicted octanol–water partition coefficient (Wildman–Crippen LogP) is 2.39. The van der Waals surface area contributed by atoms with Crippen molar-refractivity contribution in [1.82, 2.24) is 4.98 Å². The van der Waals surface area contributed by atoms with Crippen LogP contribution in [-0.4, -0.2) is 15.2 Å². The van der Waals surface area contributed by atoms with Gasteiger partial charge in [-0.1, -0.05) is 18.2 Å². The van der Waals surface area contributed by atoms with Crippen molar-refractivity contribution in [3.05, 3.63) is 53.3 Å². The second-order valence-corrected chi connectivity index (χ2v) is 3.72. The highest BCUT2D eigenvalue weighted by Gasteiger charge is 2.07. The molecular formula is C13H13NO2. The van der Waals surface area contributed by atoms with E-state index < -0.39 is 0 Å². The van der Waals surface area contributed by atoms with Crippen molar-refractivity contribution in [3.8, 4) is 11.5 Å². The average molecular weight is 215 g/mol. The molecule has 0 aliphatic heterocycles. The molecule has 3 nitrogen and oxygen atoms in total. The van der Waals surface area contributed by atoms with Crippen molar-refractivity contribution in [2.75, 3.05) is 0 Å². The van der Waals surface area contributed by atoms with E-state index in [-0.39, 0.29) is 11.5 Å². The van der Waals surface area contributed by atoms with Crippen LogP contribution >= 0.6 is 0 Å². The summed E-state index contributed by atoms with van der Waals surface area (Å²) in [6, 6.07) is 10.4. The van der Waals surface area contributed by atoms with Crippen LogP contribution in [0.15, 0.2) is 36.4 Å². The number of pyridine rings is 1. The summed E-state index contributed by atoms with van der Waals surface area (Å²) < 4.78 is 0. The Bertz CT molecular complexity index is 509. The molecule has 0 unspecified atom stereocenters. The molecule has 16 heavy (non-hydrogen) atoms. The van der Waals surface area contributed by atoms with Crippen LogP contribution in [-0.2, 0) is 6.42 Å². The van der Waals surface area contributed by atoms with Gasteiger partial charge in [-0.2, -0.15) is 0 Å². The Morgan fingerprint density at radius 1 is 1.00 bits per heavy atom. The Balaban J connectivity index is 2.34. The molecule has 0 spiro atoms. The Morgan fingerprint density at radius 3 is 2.50 bits per heavy atom. The van der Waals surface area contributed by atoms with Gasteiger partial charge in [-0.3, -0.25) is 4.98 Å². The summed E-state index contributed by atoms with van der Waals surface area (Å²) >= 11 is 0. The summed E-state index contributed by atoms with van der Waals surface area (Å²) in [5.74, 6) is 0.388. The maximum Gasteiger partial charge on any atom is 0.137 e. The third kappa shape index (κ3) is 2.14. The summed E-state index contributed by atoms with van der Waals surface area (Å²) in [6.45, 7) is 1.87. The van der Waals surface area contributed by atoms with E-state index in [1.54, 1.807) is 24.3 Å². The molecule has 82 valence electrons. The second kappa shape index (κ2) is 4.23. The Morgan fingerprint density at radius 2 is 1.75 bits per heavy atom. The topological polar surface area (TPSA) is 53.4 Å². The minimum absolute atomic E-state index is 0.161. The van der Waals surface area contributed by atoms with E-state index in [0.29, 0.717) is 12.1 Å². The van der Waals surface area contributed by atoms with Crippen LogP contribution in [0.1, 0.15) is 17.0 Å². The first kappa shape index (κ1) is 10.5. The van der Waals surface area contributed by atoms with E-state index in [2.05, 4.69) is 4.98 Å². The maximum atomic E-state index is 9.64. The number of aryl methyl sites for hydroxylation is 1. The number of nitrogens with zero attached hydrogens (tertiary/aromatic N) is 1. The molecule has 3 heteroatoms. The first-order chi connectivity index (χ1) is 7.66. The van der Waals surface area contributed by atoms with E-state index in [0.717, 1.165) is 11.3 Å². The van der Waals surface area contributed by atoms with E-state index in [1.807, 2.05) is 19.1 Å². The van der Waals surface area contributed by atoms with E-state index >= 15 is 0 Å². The fraction of sp³-hybridized carbons (Fsp3) is 0.154. The predicted molar refractivity (Wildman–Crippen MR) is 61.6 cm³/mol. The lowest BCUT2D eigenvalue weighted by molar-refractivity contribution is 0.459. The molecule has 0 aliphatic rings. The smallest absolute Gasteiger partial charge is 0.137 e. The molecule has 0 saturated heterocycles. The number of benzene rings is 1. The van der Waals surface area contributed by atoms with Crippen molar-refractivity contribution in [1.29, 1.82) is 0 Å². The third-order valence-corrected chi connectivity index (χ3v) is 2.44. The van der Waals surface area contributed by atoms with Crippen LogP contribution in [0.3, 0.4) is 0 Å². The van der Waals surface area contributed by atoms with Crippen LogP contribution in [0.5, 0.6) is 11.5 Å². The van der Waals surface area contributed by atoms with Crippen LogP contribution in [0.2, 0.25) is 0 Å². The Hall–Kier alpha value is -2.03. The van der Waals surface area contributed by atoms with Crippen LogP contribution < -0.4 is 0 Å². The molecular weight excluding hydrogens is 202 g/mol. The van der Waals surface area contributed by atoms with Gasteiger partial charge in [0.1, 0.15) is 11.5 Å². The van der Waals surface area contributed by atoms with Crippen LogP contribution in [0, 0.1) is 6.92 Å². The molecule has 0 amide bonds. The lowest BCUT2D eigenvalue weighted by atomic mass is 10.1. The number of aromatic hydroxyl groups is 2. The molecule has 1 aromatic heterocycles. The number of phenolic OH excluding ortho intramolecular Hbond substituents is 1. The third-order valence-electron chi connectivity index (χ3n) is 2.44. The van der Waals surface area contributed by atoms with Gasteiger partial charge in [0, 0.05) is 12.1 Å².